The van der Waals surface area contributed by atoms with Gasteiger partial charge < -0.3 is 10.2 Å². The van der Waals surface area contributed by atoms with Crippen LogP contribution in [-0.4, -0.2) is 54.3 Å². The van der Waals surface area contributed by atoms with Crippen LogP contribution in [0.15, 0.2) is 36.4 Å². The minimum Gasteiger partial charge on any atom is -0.318 e. The lowest BCUT2D eigenvalue weighted by Gasteiger charge is -2.44. The Morgan fingerprint density at radius 3 is 2.25 bits per heavy atom. The zero-order valence-electron chi connectivity index (χ0n) is 15.6. The summed E-state index contributed by atoms with van der Waals surface area (Å²) in [5, 5.41) is 3.03. The minimum atomic E-state index is -3.79. The van der Waals surface area contributed by atoms with Crippen molar-refractivity contribution in [2.75, 3.05) is 48.9 Å². The molecule has 0 bridgehead atoms. The van der Waals surface area contributed by atoms with Crippen molar-refractivity contribution in [3.63, 3.8) is 0 Å². The molecule has 28 heavy (non-hydrogen) atoms. The second kappa shape index (κ2) is 8.18. The Hall–Kier alpha value is -1.98. The van der Waals surface area contributed by atoms with Crippen LogP contribution < -0.4 is 13.9 Å². The number of likely N-dealkylation sites (N-methyl/N-ethyl adjacent to an activating group) is 2. The fourth-order valence-electron chi connectivity index (χ4n) is 3.10. The molecule has 3 N–H and O–H groups in total. The van der Waals surface area contributed by atoms with Crippen LogP contribution >= 0.6 is 11.0 Å². The van der Waals surface area contributed by atoms with E-state index in [0.717, 1.165) is 17.4 Å². The standard InChI is InChI=1S/C18H23F3N4O2S/c1-22-7-8-23(2)9-10-24-16-5-3-4-6-17(16)25(28(24,26)27)18-14(20)11-13(19)12-15(18)21/h3-6,11-12,22,26-27H,7-10H2,1-2H3. The highest BCUT2D eigenvalue weighted by atomic mass is 32.3. The molecule has 2 aromatic carbocycles. The van der Waals surface area contributed by atoms with E-state index in [1.54, 1.807) is 18.2 Å². The van der Waals surface area contributed by atoms with E-state index in [9.17, 15) is 22.3 Å². The first-order chi connectivity index (χ1) is 13.3. The molecule has 3 rings (SSSR count). The third kappa shape index (κ3) is 3.78. The second-order valence-electron chi connectivity index (χ2n) is 6.50. The van der Waals surface area contributed by atoms with E-state index in [2.05, 4.69) is 5.32 Å². The lowest BCUT2D eigenvalue weighted by molar-refractivity contribution is 0.343. The predicted molar refractivity (Wildman–Crippen MR) is 107 cm³/mol. The van der Waals surface area contributed by atoms with Crippen LogP contribution in [0.5, 0.6) is 0 Å². The van der Waals surface area contributed by atoms with Gasteiger partial charge in [-0.2, -0.15) is 0 Å². The number of halogens is 3. The van der Waals surface area contributed by atoms with Crippen LogP contribution in [0.4, 0.5) is 30.2 Å². The van der Waals surface area contributed by atoms with Crippen LogP contribution in [0, 0.1) is 17.5 Å². The highest BCUT2D eigenvalue weighted by Gasteiger charge is 2.43. The van der Waals surface area contributed by atoms with Crippen molar-refractivity contribution in [2.45, 2.75) is 0 Å². The van der Waals surface area contributed by atoms with Gasteiger partial charge in [-0.05, 0) is 37.2 Å². The number of fused-ring (bicyclic) bond motifs is 1. The zero-order chi connectivity index (χ0) is 20.5. The van der Waals surface area contributed by atoms with E-state index >= 15 is 0 Å². The van der Waals surface area contributed by atoms with E-state index in [0.29, 0.717) is 24.4 Å². The Bertz CT molecular complexity index is 832. The van der Waals surface area contributed by atoms with Crippen molar-refractivity contribution in [3.05, 3.63) is 53.8 Å². The number of rotatable bonds is 7. The maximum atomic E-state index is 14.4. The van der Waals surface area contributed by atoms with Crippen molar-refractivity contribution < 1.29 is 22.3 Å². The van der Waals surface area contributed by atoms with Gasteiger partial charge in [-0.3, -0.25) is 13.4 Å². The first kappa shape index (κ1) is 20.7. The molecule has 0 saturated carbocycles. The highest BCUT2D eigenvalue weighted by Crippen LogP contribution is 2.64. The number of para-hydroxylation sites is 2. The first-order valence-corrected chi connectivity index (χ1v) is 10.2. The van der Waals surface area contributed by atoms with Gasteiger partial charge in [0.15, 0.2) is 11.6 Å². The number of benzene rings is 2. The summed E-state index contributed by atoms with van der Waals surface area (Å²) < 4.78 is 66.2. The SMILES string of the molecule is CNCCN(C)CCN1c2ccccc2N(c2c(F)cc(F)cc2F)S1(O)O. The van der Waals surface area contributed by atoms with E-state index in [1.807, 2.05) is 19.0 Å². The van der Waals surface area contributed by atoms with Crippen LogP contribution in [-0.2, 0) is 0 Å². The monoisotopic (exact) mass is 416 g/mol. The van der Waals surface area contributed by atoms with E-state index < -0.39 is 34.1 Å². The summed E-state index contributed by atoms with van der Waals surface area (Å²) in [7, 11) is -0.0630. The molecule has 1 heterocycles. The Morgan fingerprint density at radius 2 is 1.64 bits per heavy atom. The van der Waals surface area contributed by atoms with Gasteiger partial charge in [0, 0.05) is 31.8 Å². The molecule has 1 aliphatic rings. The number of hydrogen-bond acceptors (Lipinski definition) is 6. The van der Waals surface area contributed by atoms with Gasteiger partial charge >= 0.3 is 0 Å². The van der Waals surface area contributed by atoms with Crippen molar-refractivity contribution >= 4 is 28.0 Å². The molecule has 2 aromatic rings. The lowest BCUT2D eigenvalue weighted by atomic mass is 10.2. The lowest BCUT2D eigenvalue weighted by Crippen LogP contribution is -2.38. The minimum absolute atomic E-state index is 0.223. The van der Waals surface area contributed by atoms with Gasteiger partial charge in [0.25, 0.3) is 0 Å². The molecule has 10 heteroatoms. The summed E-state index contributed by atoms with van der Waals surface area (Å²) in [5.74, 6) is -3.49. The second-order valence-corrected chi connectivity index (χ2v) is 8.29. The smallest absolute Gasteiger partial charge is 0.154 e. The number of nitrogens with one attached hydrogen (secondary N) is 1. The predicted octanol–water partition coefficient (Wildman–Crippen LogP) is 3.79. The summed E-state index contributed by atoms with van der Waals surface area (Å²) in [6, 6.07) is 7.55. The van der Waals surface area contributed by atoms with Crippen molar-refractivity contribution in [3.8, 4) is 0 Å². The van der Waals surface area contributed by atoms with Gasteiger partial charge in [-0.25, -0.2) is 17.5 Å². The topological polar surface area (TPSA) is 62.2 Å². The number of anilines is 3. The fraction of sp³-hybridized carbons (Fsp3) is 0.333. The summed E-state index contributed by atoms with van der Waals surface area (Å²) in [6.45, 7) is 2.23. The molecule has 0 aromatic heterocycles. The average Bonchev–Trinajstić information content (AvgIpc) is 2.84. The molecule has 0 radical (unpaired) electrons. The summed E-state index contributed by atoms with van der Waals surface area (Å²) >= 11 is 0. The van der Waals surface area contributed by atoms with Gasteiger partial charge in [-0.1, -0.05) is 12.1 Å². The molecule has 0 unspecified atom stereocenters. The van der Waals surface area contributed by atoms with Crippen LogP contribution in [0.1, 0.15) is 0 Å². The normalized spacial score (nSPS) is 16.6. The first-order valence-electron chi connectivity index (χ1n) is 8.70. The molecule has 1 aliphatic heterocycles. The maximum absolute atomic E-state index is 14.4. The molecule has 0 aliphatic carbocycles. The Morgan fingerprint density at radius 1 is 1.04 bits per heavy atom. The molecule has 0 saturated heterocycles. The Balaban J connectivity index is 1.98. The molecule has 0 amide bonds. The van der Waals surface area contributed by atoms with Crippen LogP contribution in [0.2, 0.25) is 0 Å². The van der Waals surface area contributed by atoms with Crippen molar-refractivity contribution in [1.29, 1.82) is 0 Å². The van der Waals surface area contributed by atoms with E-state index in [4.69, 9.17) is 0 Å². The van der Waals surface area contributed by atoms with Gasteiger partial charge in [-0.15, -0.1) is 0 Å². The molecular weight excluding hydrogens is 393 g/mol. The van der Waals surface area contributed by atoms with E-state index in [-0.39, 0.29) is 12.2 Å². The number of nitrogens with zero attached hydrogens (tertiary/aromatic N) is 3. The largest absolute Gasteiger partial charge is 0.318 e. The van der Waals surface area contributed by atoms with Gasteiger partial charge in [0.05, 0.1) is 17.9 Å². The molecule has 154 valence electrons. The summed E-state index contributed by atoms with van der Waals surface area (Å²) in [5.41, 5.74) is -0.0164. The zero-order valence-corrected chi connectivity index (χ0v) is 16.4. The summed E-state index contributed by atoms with van der Waals surface area (Å²) in [4.78, 5) is 2.00. The Labute approximate surface area is 163 Å². The van der Waals surface area contributed by atoms with Gasteiger partial charge in [0.2, 0.25) is 0 Å². The van der Waals surface area contributed by atoms with Crippen LogP contribution in [0.3, 0.4) is 0 Å². The molecule has 0 atom stereocenters. The molecule has 6 nitrogen and oxygen atoms in total. The third-order valence-electron chi connectivity index (χ3n) is 4.52. The van der Waals surface area contributed by atoms with Crippen molar-refractivity contribution in [1.82, 2.24) is 10.2 Å². The fourth-order valence-corrected chi connectivity index (χ4v) is 4.88. The molecule has 0 fully saturated rings. The number of hydrogen-bond donors (Lipinski definition) is 3. The highest BCUT2D eigenvalue weighted by molar-refractivity contribution is 8.27. The van der Waals surface area contributed by atoms with Gasteiger partial charge in [0.1, 0.15) is 11.5 Å². The van der Waals surface area contributed by atoms with Crippen molar-refractivity contribution in [2.24, 2.45) is 0 Å². The maximum Gasteiger partial charge on any atom is 0.154 e. The summed E-state index contributed by atoms with van der Waals surface area (Å²) in [6.07, 6.45) is 0. The molecular formula is C18H23F3N4O2S. The van der Waals surface area contributed by atoms with E-state index in [1.165, 1.54) is 10.4 Å². The Kier molecular flexibility index (Phi) is 6.06. The van der Waals surface area contributed by atoms with Crippen LogP contribution in [0.25, 0.3) is 0 Å². The average molecular weight is 416 g/mol. The third-order valence-corrected chi connectivity index (χ3v) is 6.36. The molecule has 0 spiro atoms. The quantitative estimate of drug-likeness (QED) is 0.638.